The summed E-state index contributed by atoms with van der Waals surface area (Å²) in [6.45, 7) is 0. The van der Waals surface area contributed by atoms with Crippen LogP contribution in [0.3, 0.4) is 0 Å². The van der Waals surface area contributed by atoms with Gasteiger partial charge in [-0.15, -0.1) is 21.5 Å². The first kappa shape index (κ1) is 58.7. The van der Waals surface area contributed by atoms with E-state index in [2.05, 4.69) is 362 Å². The van der Waals surface area contributed by atoms with Crippen LogP contribution >= 0.6 is 11.3 Å². The Hall–Kier alpha value is -12.9. The van der Waals surface area contributed by atoms with Crippen LogP contribution in [0.2, 0.25) is 0 Å². The molecule has 0 amide bonds. The van der Waals surface area contributed by atoms with E-state index in [1.54, 1.807) is 11.3 Å². The van der Waals surface area contributed by atoms with Crippen LogP contribution in [0, 0.1) is 0 Å². The lowest BCUT2D eigenvalue weighted by molar-refractivity contribution is 0.633. The number of fused-ring (bicyclic) bond motifs is 32. The molecule has 0 fully saturated rings. The van der Waals surface area contributed by atoms with E-state index < -0.39 is 21.7 Å². The van der Waals surface area contributed by atoms with Gasteiger partial charge in [-0.3, -0.25) is 0 Å². The standard InChI is InChI=1S/C102H62N2S/c1-2-22-65(23-3-1)95-57-58-96(104-103-95)66-47-43-63(44-48-66)68-52-56-91-94(62-68)101(81-33-12-6-26-74(81)75-27-7-13-34-82(75)101)88-39-18-19-40-89(88)102(91)84-36-15-9-29-77(84)98-71(30-20-41-92(98)102)70-53-54-85-78(60-70)76-28-8-14-35-83(76)99(85)86-37-16-17-38-87(86)100(79-31-10-4-24-72(79)73-25-5-11-32-80(73)100)93-61-69(51-55-90(93)99)64-45-49-67(50-46-64)97-42-21-59-105-97/h1-62H. The first-order chi connectivity index (χ1) is 52.1. The van der Waals surface area contributed by atoms with E-state index in [1.165, 1.54) is 166 Å². The van der Waals surface area contributed by atoms with Gasteiger partial charge in [0.1, 0.15) is 0 Å². The SMILES string of the molecule is c1ccc(-c2ccc(-c3ccc(-c4ccc5c(c4)C4(c6ccccc6-c6ccccc64)c4ccccc4C54c5ccccc5-c5c(-c6ccc7c(c6)-c6ccccc6C76c7ccccc7C7(c8ccccc8-c8ccccc87)c7cc(-c8ccc(-c9cccs9)cc8)ccc76)cccc54)cc3)nn2)cc1. The first-order valence-corrected chi connectivity index (χ1v) is 37.5. The second kappa shape index (κ2) is 21.8. The number of nitrogens with zero attached hydrogens (tertiary/aromatic N) is 2. The summed E-state index contributed by atoms with van der Waals surface area (Å²) in [4.78, 5) is 1.28. The van der Waals surface area contributed by atoms with Crippen molar-refractivity contribution in [2.75, 3.05) is 0 Å². The molecule has 0 N–H and O–H groups in total. The fourth-order valence-electron chi connectivity index (χ4n) is 20.7. The molecule has 2 heterocycles. The minimum absolute atomic E-state index is 0.607. The summed E-state index contributed by atoms with van der Waals surface area (Å²) in [7, 11) is 0. The molecule has 0 saturated carbocycles. The maximum absolute atomic E-state index is 4.75. The largest absolute Gasteiger partial charge is 0.150 e. The van der Waals surface area contributed by atoms with Crippen LogP contribution in [0.15, 0.2) is 375 Å². The quantitative estimate of drug-likeness (QED) is 0.166. The molecule has 23 rings (SSSR count). The highest BCUT2D eigenvalue weighted by atomic mass is 32.1. The second-order valence-corrected chi connectivity index (χ2v) is 30.1. The molecular formula is C102H62N2S. The zero-order valence-electron chi connectivity index (χ0n) is 57.1. The van der Waals surface area contributed by atoms with Crippen molar-refractivity contribution in [2.24, 2.45) is 0 Å². The van der Waals surface area contributed by atoms with Gasteiger partial charge in [-0.05, 0) is 214 Å². The van der Waals surface area contributed by atoms with E-state index >= 15 is 0 Å². The summed E-state index contributed by atoms with van der Waals surface area (Å²) in [6.07, 6.45) is 0. The second-order valence-electron chi connectivity index (χ2n) is 29.2. The zero-order chi connectivity index (χ0) is 68.7. The van der Waals surface area contributed by atoms with E-state index in [-0.39, 0.29) is 0 Å². The number of hydrogen-bond acceptors (Lipinski definition) is 3. The number of aromatic nitrogens is 2. The molecule has 0 saturated heterocycles. The molecule has 3 heteroatoms. The predicted molar refractivity (Wildman–Crippen MR) is 429 cm³/mol. The van der Waals surface area contributed by atoms with Crippen LogP contribution in [0.1, 0.15) is 89.0 Å². The average Bonchev–Trinajstić information content (AvgIpc) is 1.49. The molecule has 0 radical (unpaired) electrons. The van der Waals surface area contributed by atoms with Crippen molar-refractivity contribution in [3.63, 3.8) is 0 Å². The van der Waals surface area contributed by atoms with Crippen molar-refractivity contribution in [2.45, 2.75) is 21.7 Å². The Morgan fingerprint density at radius 3 is 0.943 bits per heavy atom. The topological polar surface area (TPSA) is 25.8 Å². The third-order valence-corrected chi connectivity index (χ3v) is 25.6. The van der Waals surface area contributed by atoms with Crippen LogP contribution in [0.25, 0.3) is 111 Å². The highest BCUT2D eigenvalue weighted by Crippen LogP contribution is 2.71. The first-order valence-electron chi connectivity index (χ1n) is 36.6. The van der Waals surface area contributed by atoms with Crippen molar-refractivity contribution in [1.29, 1.82) is 0 Å². The Morgan fingerprint density at radius 1 is 0.171 bits per heavy atom. The zero-order valence-corrected chi connectivity index (χ0v) is 57.9. The van der Waals surface area contributed by atoms with Gasteiger partial charge in [0, 0.05) is 16.0 Å². The summed E-state index contributed by atoms with van der Waals surface area (Å²) in [5.41, 5.74) is 40.8. The molecule has 2 atom stereocenters. The molecule has 105 heavy (non-hydrogen) atoms. The molecular weight excluding hydrogens is 1290 g/mol. The maximum atomic E-state index is 4.75. The summed E-state index contributed by atoms with van der Waals surface area (Å²) in [5.74, 6) is 0. The normalized spacial score (nSPS) is 16.6. The van der Waals surface area contributed by atoms with Crippen LogP contribution in [-0.4, -0.2) is 10.2 Å². The summed E-state index contributed by atoms with van der Waals surface area (Å²) in [5, 5.41) is 11.6. The van der Waals surface area contributed by atoms with Gasteiger partial charge < -0.3 is 0 Å². The third kappa shape index (κ3) is 7.57. The predicted octanol–water partition coefficient (Wildman–Crippen LogP) is 24.6. The molecule has 4 spiro atoms. The Kier molecular flexibility index (Phi) is 12.2. The van der Waals surface area contributed by atoms with Gasteiger partial charge in [-0.25, -0.2) is 0 Å². The number of benzene rings is 15. The van der Waals surface area contributed by atoms with Crippen molar-refractivity contribution in [1.82, 2.24) is 10.2 Å². The van der Waals surface area contributed by atoms with Gasteiger partial charge in [0.05, 0.1) is 33.0 Å². The molecule has 15 aromatic carbocycles. The molecule has 6 aliphatic rings. The lowest BCUT2D eigenvalue weighted by Crippen LogP contribution is -2.43. The Labute approximate surface area is 614 Å². The van der Waals surface area contributed by atoms with E-state index in [1.807, 2.05) is 18.2 Å². The molecule has 0 bridgehead atoms. The minimum atomic E-state index is -0.708. The number of rotatable bonds is 6. The van der Waals surface area contributed by atoms with Crippen LogP contribution in [0.4, 0.5) is 0 Å². The van der Waals surface area contributed by atoms with E-state index in [0.717, 1.165) is 33.6 Å². The van der Waals surface area contributed by atoms with Crippen LogP contribution in [0.5, 0.6) is 0 Å². The fraction of sp³-hybridized carbons (Fsp3) is 0.0392. The maximum Gasteiger partial charge on any atom is 0.0930 e. The average molecular weight is 1350 g/mol. The smallest absolute Gasteiger partial charge is 0.0930 e. The third-order valence-electron chi connectivity index (χ3n) is 24.7. The summed E-state index contributed by atoms with van der Waals surface area (Å²) in [6, 6.07) is 141. The molecule has 6 aliphatic carbocycles. The van der Waals surface area contributed by atoms with E-state index in [4.69, 9.17) is 5.10 Å². The van der Waals surface area contributed by atoms with Crippen molar-refractivity contribution < 1.29 is 0 Å². The molecule has 17 aromatic rings. The van der Waals surface area contributed by atoms with Gasteiger partial charge in [-0.1, -0.05) is 334 Å². The number of thiophene rings is 1. The van der Waals surface area contributed by atoms with E-state index in [0.29, 0.717) is 0 Å². The van der Waals surface area contributed by atoms with Crippen molar-refractivity contribution in [3.8, 4) is 111 Å². The Morgan fingerprint density at radius 2 is 0.486 bits per heavy atom. The van der Waals surface area contributed by atoms with Gasteiger partial charge in [0.25, 0.3) is 0 Å². The number of hydrogen-bond donors (Lipinski definition) is 0. The molecule has 2 aromatic heterocycles. The highest BCUT2D eigenvalue weighted by Gasteiger charge is 2.61. The molecule has 2 unspecified atom stereocenters. The molecule has 486 valence electrons. The molecule has 2 nitrogen and oxygen atoms in total. The van der Waals surface area contributed by atoms with Gasteiger partial charge >= 0.3 is 0 Å². The molecule has 0 aliphatic heterocycles. The van der Waals surface area contributed by atoms with Crippen molar-refractivity contribution >= 4 is 11.3 Å². The van der Waals surface area contributed by atoms with Gasteiger partial charge in [0.15, 0.2) is 0 Å². The lowest BCUT2D eigenvalue weighted by atomic mass is 9.52. The van der Waals surface area contributed by atoms with Gasteiger partial charge in [-0.2, -0.15) is 0 Å². The Bertz CT molecular complexity index is 6430. The fourth-order valence-corrected chi connectivity index (χ4v) is 21.5. The summed E-state index contributed by atoms with van der Waals surface area (Å²) >= 11 is 1.79. The summed E-state index contributed by atoms with van der Waals surface area (Å²) < 4.78 is 0. The van der Waals surface area contributed by atoms with Crippen LogP contribution in [-0.2, 0) is 21.7 Å². The monoisotopic (exact) mass is 1350 g/mol. The van der Waals surface area contributed by atoms with Gasteiger partial charge in [0.2, 0.25) is 0 Å². The Balaban J connectivity index is 0.730. The van der Waals surface area contributed by atoms with Crippen molar-refractivity contribution in [3.05, 3.63) is 464 Å². The minimum Gasteiger partial charge on any atom is -0.150 e. The highest BCUT2D eigenvalue weighted by molar-refractivity contribution is 7.13. The van der Waals surface area contributed by atoms with E-state index in [9.17, 15) is 0 Å². The van der Waals surface area contributed by atoms with Crippen LogP contribution < -0.4 is 0 Å². The lowest BCUT2D eigenvalue weighted by Gasteiger charge is -2.49.